The SMILES string of the molecule is CCCc1cccc(NC(=S)S)n1. The summed E-state index contributed by atoms with van der Waals surface area (Å²) >= 11 is 8.77. The molecule has 0 radical (unpaired) electrons. The van der Waals surface area contributed by atoms with E-state index in [1.54, 1.807) is 0 Å². The summed E-state index contributed by atoms with van der Waals surface area (Å²) in [6.07, 6.45) is 2.09. The molecule has 1 aromatic heterocycles. The summed E-state index contributed by atoms with van der Waals surface area (Å²) in [4.78, 5) is 4.36. The molecule has 0 spiro atoms. The Morgan fingerprint density at radius 3 is 3.00 bits per heavy atom. The van der Waals surface area contributed by atoms with E-state index in [4.69, 9.17) is 12.2 Å². The van der Waals surface area contributed by atoms with Crippen LogP contribution in [0.5, 0.6) is 0 Å². The normalized spacial score (nSPS) is 9.69. The molecule has 0 aliphatic rings. The summed E-state index contributed by atoms with van der Waals surface area (Å²) in [7, 11) is 0. The molecule has 1 rings (SSSR count). The lowest BCUT2D eigenvalue weighted by Gasteiger charge is -2.03. The summed E-state index contributed by atoms with van der Waals surface area (Å²) in [6, 6.07) is 5.85. The highest BCUT2D eigenvalue weighted by Gasteiger charge is 1.96. The van der Waals surface area contributed by atoms with Crippen LogP contribution < -0.4 is 5.32 Å². The highest BCUT2D eigenvalue weighted by Crippen LogP contribution is 2.07. The fourth-order valence-corrected chi connectivity index (χ4v) is 1.27. The fraction of sp³-hybridized carbons (Fsp3) is 0.333. The monoisotopic (exact) mass is 212 g/mol. The lowest BCUT2D eigenvalue weighted by molar-refractivity contribution is 0.885. The van der Waals surface area contributed by atoms with Crippen molar-refractivity contribution in [1.29, 1.82) is 0 Å². The third-order valence-electron chi connectivity index (χ3n) is 1.55. The van der Waals surface area contributed by atoms with Gasteiger partial charge in [0, 0.05) is 5.69 Å². The van der Waals surface area contributed by atoms with E-state index < -0.39 is 0 Å². The topological polar surface area (TPSA) is 24.9 Å². The van der Waals surface area contributed by atoms with Gasteiger partial charge in [0.1, 0.15) is 10.1 Å². The van der Waals surface area contributed by atoms with E-state index in [1.807, 2.05) is 18.2 Å². The minimum absolute atomic E-state index is 0.446. The molecule has 0 aliphatic carbocycles. The van der Waals surface area contributed by atoms with Crippen LogP contribution in [0.15, 0.2) is 18.2 Å². The number of nitrogens with one attached hydrogen (secondary N) is 1. The van der Waals surface area contributed by atoms with Crippen molar-refractivity contribution in [2.45, 2.75) is 19.8 Å². The van der Waals surface area contributed by atoms with Crippen LogP contribution in [-0.4, -0.2) is 9.30 Å². The van der Waals surface area contributed by atoms with Crippen molar-refractivity contribution in [3.05, 3.63) is 23.9 Å². The zero-order chi connectivity index (χ0) is 9.68. The summed E-state index contributed by atoms with van der Waals surface area (Å²) in [6.45, 7) is 2.13. The third-order valence-corrected chi connectivity index (χ3v) is 1.76. The Bertz CT molecular complexity index is 299. The van der Waals surface area contributed by atoms with Gasteiger partial charge < -0.3 is 5.32 Å². The van der Waals surface area contributed by atoms with Gasteiger partial charge in [0.25, 0.3) is 0 Å². The minimum Gasteiger partial charge on any atom is -0.326 e. The molecular formula is C9H12N2S2. The van der Waals surface area contributed by atoms with Gasteiger partial charge in [-0.25, -0.2) is 4.98 Å². The maximum atomic E-state index is 4.80. The number of hydrogen-bond acceptors (Lipinski definition) is 2. The van der Waals surface area contributed by atoms with Crippen molar-refractivity contribution in [2.75, 3.05) is 5.32 Å². The smallest absolute Gasteiger partial charge is 0.136 e. The minimum atomic E-state index is 0.446. The number of aryl methyl sites for hydroxylation is 1. The first-order valence-corrected chi connectivity index (χ1v) is 5.04. The van der Waals surface area contributed by atoms with Gasteiger partial charge in [-0.05, 0) is 18.6 Å². The maximum Gasteiger partial charge on any atom is 0.136 e. The summed E-state index contributed by atoms with van der Waals surface area (Å²) in [5.41, 5.74) is 1.08. The Morgan fingerprint density at radius 2 is 2.38 bits per heavy atom. The van der Waals surface area contributed by atoms with Gasteiger partial charge in [0.2, 0.25) is 0 Å². The quantitative estimate of drug-likeness (QED) is 0.595. The summed E-state index contributed by atoms with van der Waals surface area (Å²) in [5, 5.41) is 2.89. The van der Waals surface area contributed by atoms with E-state index in [0.717, 1.165) is 24.4 Å². The zero-order valence-corrected chi connectivity index (χ0v) is 9.16. The van der Waals surface area contributed by atoms with E-state index in [9.17, 15) is 0 Å². The molecule has 0 atom stereocenters. The molecule has 1 heterocycles. The predicted molar refractivity (Wildman–Crippen MR) is 63.4 cm³/mol. The van der Waals surface area contributed by atoms with E-state index in [0.29, 0.717) is 4.32 Å². The lowest BCUT2D eigenvalue weighted by atomic mass is 10.2. The molecule has 0 bridgehead atoms. The van der Waals surface area contributed by atoms with E-state index in [-0.39, 0.29) is 0 Å². The van der Waals surface area contributed by atoms with Crippen molar-refractivity contribution in [3.8, 4) is 0 Å². The van der Waals surface area contributed by atoms with Crippen LogP contribution >= 0.6 is 24.8 Å². The number of anilines is 1. The molecular weight excluding hydrogens is 200 g/mol. The first-order valence-electron chi connectivity index (χ1n) is 4.18. The lowest BCUT2D eigenvalue weighted by Crippen LogP contribution is -2.03. The summed E-state index contributed by atoms with van der Waals surface area (Å²) < 4.78 is 0.446. The average Bonchev–Trinajstić information content (AvgIpc) is 2.04. The molecule has 0 aromatic carbocycles. The first-order chi connectivity index (χ1) is 6.22. The van der Waals surface area contributed by atoms with E-state index in [1.165, 1.54) is 0 Å². The largest absolute Gasteiger partial charge is 0.326 e. The van der Waals surface area contributed by atoms with Crippen LogP contribution in [0.2, 0.25) is 0 Å². The van der Waals surface area contributed by atoms with Gasteiger partial charge in [-0.15, -0.1) is 12.6 Å². The number of aromatic nitrogens is 1. The number of nitrogens with zero attached hydrogens (tertiary/aromatic N) is 1. The standard InChI is InChI=1S/C9H12N2S2/c1-2-4-7-5-3-6-8(10-7)11-9(12)13/h3,5-6H,2,4H2,1H3,(H2,10,11,12,13). The Hall–Kier alpha value is -0.610. The van der Waals surface area contributed by atoms with E-state index in [2.05, 4.69) is 29.9 Å². The van der Waals surface area contributed by atoms with Crippen LogP contribution in [0.1, 0.15) is 19.0 Å². The second kappa shape index (κ2) is 5.19. The molecule has 1 aromatic rings. The van der Waals surface area contributed by atoms with Crippen molar-refractivity contribution in [2.24, 2.45) is 0 Å². The Morgan fingerprint density at radius 1 is 1.62 bits per heavy atom. The highest BCUT2D eigenvalue weighted by molar-refractivity contribution is 8.11. The Balaban J connectivity index is 2.73. The molecule has 0 fully saturated rings. The fourth-order valence-electron chi connectivity index (χ4n) is 1.05. The Kier molecular flexibility index (Phi) is 4.18. The van der Waals surface area contributed by atoms with Crippen LogP contribution in [0.3, 0.4) is 0 Å². The van der Waals surface area contributed by atoms with Gasteiger partial charge in [0.05, 0.1) is 0 Å². The van der Waals surface area contributed by atoms with Crippen LogP contribution in [0.25, 0.3) is 0 Å². The molecule has 0 aliphatic heterocycles. The van der Waals surface area contributed by atoms with Crippen molar-refractivity contribution >= 4 is 35.0 Å². The molecule has 0 unspecified atom stereocenters. The summed E-state index contributed by atoms with van der Waals surface area (Å²) in [5.74, 6) is 0.769. The van der Waals surface area contributed by atoms with Gasteiger partial charge in [-0.3, -0.25) is 0 Å². The second-order valence-electron chi connectivity index (χ2n) is 2.69. The van der Waals surface area contributed by atoms with Gasteiger partial charge in [0.15, 0.2) is 0 Å². The Labute approximate surface area is 89.2 Å². The van der Waals surface area contributed by atoms with Crippen LogP contribution in [0, 0.1) is 0 Å². The number of thiocarbonyl (C=S) groups is 1. The van der Waals surface area contributed by atoms with E-state index >= 15 is 0 Å². The van der Waals surface area contributed by atoms with Crippen molar-refractivity contribution in [1.82, 2.24) is 4.98 Å². The highest BCUT2D eigenvalue weighted by atomic mass is 32.1. The number of hydrogen-bond donors (Lipinski definition) is 2. The molecule has 0 saturated carbocycles. The van der Waals surface area contributed by atoms with Crippen molar-refractivity contribution < 1.29 is 0 Å². The van der Waals surface area contributed by atoms with Gasteiger partial charge in [-0.2, -0.15) is 0 Å². The van der Waals surface area contributed by atoms with Gasteiger partial charge >= 0.3 is 0 Å². The first kappa shape index (κ1) is 10.5. The maximum absolute atomic E-state index is 4.80. The molecule has 1 N–H and O–H groups in total. The van der Waals surface area contributed by atoms with Crippen LogP contribution in [-0.2, 0) is 6.42 Å². The molecule has 4 heteroatoms. The molecule has 0 amide bonds. The zero-order valence-electron chi connectivity index (χ0n) is 7.45. The van der Waals surface area contributed by atoms with Gasteiger partial charge in [-0.1, -0.05) is 31.6 Å². The predicted octanol–water partition coefficient (Wildman–Crippen LogP) is 2.66. The van der Waals surface area contributed by atoms with Crippen LogP contribution in [0.4, 0.5) is 5.82 Å². The third kappa shape index (κ3) is 3.74. The number of thiol groups is 1. The molecule has 13 heavy (non-hydrogen) atoms. The molecule has 0 saturated heterocycles. The number of rotatable bonds is 3. The average molecular weight is 212 g/mol. The molecule has 2 nitrogen and oxygen atoms in total. The number of pyridine rings is 1. The second-order valence-corrected chi connectivity index (χ2v) is 3.85. The molecule has 70 valence electrons. The van der Waals surface area contributed by atoms with Crippen molar-refractivity contribution in [3.63, 3.8) is 0 Å².